The van der Waals surface area contributed by atoms with Gasteiger partial charge in [-0.15, -0.1) is 7.92 Å². The van der Waals surface area contributed by atoms with Crippen molar-refractivity contribution in [1.29, 1.82) is 0 Å². The maximum Gasteiger partial charge on any atom is 0.00449 e. The minimum absolute atomic E-state index is 0.174. The van der Waals surface area contributed by atoms with E-state index >= 15 is 0 Å². The molecule has 1 aromatic carbocycles. The molecule has 19 heavy (non-hydrogen) atoms. The van der Waals surface area contributed by atoms with Crippen LogP contribution in [0.15, 0.2) is 30.3 Å². The van der Waals surface area contributed by atoms with Crippen molar-refractivity contribution in [3.63, 3.8) is 0 Å². The van der Waals surface area contributed by atoms with Gasteiger partial charge < -0.3 is 0 Å². The highest BCUT2D eigenvalue weighted by molar-refractivity contribution is 7.58. The molecule has 0 aromatic heterocycles. The van der Waals surface area contributed by atoms with Gasteiger partial charge in [0.25, 0.3) is 0 Å². The predicted molar refractivity (Wildman–Crippen MR) is 94.7 cm³/mol. The molecule has 1 rings (SSSR count). The summed E-state index contributed by atoms with van der Waals surface area (Å²) in [7, 11) is 0.470. The third-order valence-electron chi connectivity index (χ3n) is 4.05. The van der Waals surface area contributed by atoms with Gasteiger partial charge in [-0.25, -0.2) is 0 Å². The van der Waals surface area contributed by atoms with Gasteiger partial charge in [-0.1, -0.05) is 65.9 Å². The van der Waals surface area contributed by atoms with Crippen LogP contribution in [-0.4, -0.2) is 30.8 Å². The molecule has 0 aliphatic carbocycles. The molecule has 0 spiro atoms. The second kappa shape index (κ2) is 9.90. The largest absolute Gasteiger partial charge is 0.107 e. The van der Waals surface area contributed by atoms with E-state index in [-0.39, 0.29) is 7.92 Å². The fourth-order valence-electron chi connectivity index (χ4n) is 2.74. The first-order valence-electron chi connectivity index (χ1n) is 7.78. The lowest BCUT2D eigenvalue weighted by Gasteiger charge is -2.28. The average Bonchev–Trinajstić information content (AvgIpc) is 2.48. The van der Waals surface area contributed by atoms with Crippen molar-refractivity contribution < 1.29 is 0 Å². The summed E-state index contributed by atoms with van der Waals surface area (Å²) in [4.78, 5) is 0. The Morgan fingerprint density at radius 2 is 1.42 bits per heavy atom. The van der Waals surface area contributed by atoms with Gasteiger partial charge in [0.1, 0.15) is 0 Å². The monoisotopic (exact) mass is 296 g/mol. The summed E-state index contributed by atoms with van der Waals surface area (Å²) in [6.45, 7) is 9.51. The van der Waals surface area contributed by atoms with Crippen molar-refractivity contribution in [2.45, 2.75) is 39.8 Å². The van der Waals surface area contributed by atoms with Gasteiger partial charge in [-0.2, -0.15) is 0 Å². The van der Waals surface area contributed by atoms with Gasteiger partial charge in [0.05, 0.1) is 0 Å². The topological polar surface area (TPSA) is 0 Å². The molecule has 1 unspecified atom stereocenters. The van der Waals surface area contributed by atoms with Crippen LogP contribution < -0.4 is 0 Å². The summed E-state index contributed by atoms with van der Waals surface area (Å²) < 4.78 is 0. The molecule has 0 bridgehead atoms. The van der Waals surface area contributed by atoms with Crippen molar-refractivity contribution in [2.75, 3.05) is 30.8 Å². The van der Waals surface area contributed by atoms with Crippen molar-refractivity contribution in [3.05, 3.63) is 35.9 Å². The summed E-state index contributed by atoms with van der Waals surface area (Å²) in [6, 6.07) is 11.3. The molecule has 0 aliphatic heterocycles. The Bertz CT molecular complexity index is 315. The van der Waals surface area contributed by atoms with Crippen molar-refractivity contribution in [2.24, 2.45) is 0 Å². The van der Waals surface area contributed by atoms with E-state index in [9.17, 15) is 0 Å². The van der Waals surface area contributed by atoms with E-state index in [0.29, 0.717) is 7.92 Å². The Hall–Kier alpha value is 0.0800. The van der Waals surface area contributed by atoms with Crippen LogP contribution >= 0.6 is 15.8 Å². The van der Waals surface area contributed by atoms with Gasteiger partial charge in [-0.05, 0) is 42.8 Å². The zero-order chi connectivity index (χ0) is 14.1. The molecular formula is C17H30P2. The zero-order valence-corrected chi connectivity index (χ0v) is 14.9. The van der Waals surface area contributed by atoms with Crippen LogP contribution in [0.2, 0.25) is 0 Å². The molecule has 1 atom stereocenters. The number of hydrogen-bond donors (Lipinski definition) is 0. The lowest BCUT2D eigenvalue weighted by atomic mass is 10.1. The minimum atomic E-state index is 0.174. The fourth-order valence-corrected chi connectivity index (χ4v) is 7.07. The van der Waals surface area contributed by atoms with Gasteiger partial charge in [-0.3, -0.25) is 0 Å². The summed E-state index contributed by atoms with van der Waals surface area (Å²) in [5, 5.41) is 0. The van der Waals surface area contributed by atoms with E-state index in [0.717, 1.165) is 5.66 Å². The van der Waals surface area contributed by atoms with Crippen LogP contribution in [0.1, 0.15) is 45.3 Å². The van der Waals surface area contributed by atoms with Crippen molar-refractivity contribution in [1.82, 2.24) is 0 Å². The Labute approximate surface area is 122 Å². The van der Waals surface area contributed by atoms with Crippen LogP contribution in [0.3, 0.4) is 0 Å². The average molecular weight is 296 g/mol. The minimum Gasteiger partial charge on any atom is -0.107 e. The highest BCUT2D eigenvalue weighted by Gasteiger charge is 2.20. The maximum atomic E-state index is 2.38. The highest BCUT2D eigenvalue weighted by atomic mass is 31.1. The van der Waals surface area contributed by atoms with Crippen LogP contribution in [0.25, 0.3) is 0 Å². The first-order valence-corrected chi connectivity index (χ1v) is 11.5. The van der Waals surface area contributed by atoms with Crippen molar-refractivity contribution in [3.8, 4) is 0 Å². The summed E-state index contributed by atoms with van der Waals surface area (Å²) in [5.41, 5.74) is 2.44. The van der Waals surface area contributed by atoms with Gasteiger partial charge in [0.15, 0.2) is 0 Å². The van der Waals surface area contributed by atoms with Crippen LogP contribution in [-0.2, 0) is 0 Å². The molecule has 1 aromatic rings. The molecule has 0 saturated heterocycles. The van der Waals surface area contributed by atoms with Gasteiger partial charge in [0.2, 0.25) is 0 Å². The lowest BCUT2D eigenvalue weighted by Crippen LogP contribution is -2.04. The quantitative estimate of drug-likeness (QED) is 0.479. The molecule has 0 aliphatic rings. The molecule has 2 heteroatoms. The van der Waals surface area contributed by atoms with E-state index in [1.807, 2.05) is 0 Å². The molecule has 0 heterocycles. The molecule has 0 radical (unpaired) electrons. The Morgan fingerprint density at radius 3 is 1.89 bits per heavy atom. The molecule has 108 valence electrons. The fraction of sp³-hybridized carbons (Fsp3) is 0.647. The summed E-state index contributed by atoms with van der Waals surface area (Å²) in [5.74, 6) is 0. The van der Waals surface area contributed by atoms with E-state index in [2.05, 4.69) is 58.0 Å². The maximum absolute atomic E-state index is 2.38. The number of benzene rings is 1. The molecule has 0 fully saturated rings. The standard InChI is InChI=1S/C17H30P2/c1-5-18(6-2)15-14-17(19(7-3)8-4)16-12-10-9-11-13-16/h9-13,17H,5-8,14-15H2,1-4H3. The third-order valence-corrected chi connectivity index (χ3v) is 9.79. The van der Waals surface area contributed by atoms with E-state index in [4.69, 9.17) is 0 Å². The highest BCUT2D eigenvalue weighted by Crippen LogP contribution is 2.54. The van der Waals surface area contributed by atoms with Gasteiger partial charge >= 0.3 is 0 Å². The molecule has 0 N–H and O–H groups in total. The van der Waals surface area contributed by atoms with Crippen molar-refractivity contribution >= 4 is 15.8 Å². The number of rotatable bonds is 9. The normalized spacial score (nSPS) is 13.2. The summed E-state index contributed by atoms with van der Waals surface area (Å²) in [6.07, 6.45) is 8.46. The predicted octanol–water partition coefficient (Wildman–Crippen LogP) is 6.16. The van der Waals surface area contributed by atoms with Crippen LogP contribution in [0, 0.1) is 0 Å². The Morgan fingerprint density at radius 1 is 0.842 bits per heavy atom. The van der Waals surface area contributed by atoms with Gasteiger partial charge in [0, 0.05) is 5.66 Å². The molecule has 0 nitrogen and oxygen atoms in total. The second-order valence-corrected chi connectivity index (χ2v) is 11.1. The lowest BCUT2D eigenvalue weighted by molar-refractivity contribution is 0.879. The SMILES string of the molecule is CCP(CC)CCC(c1ccccc1)P(CC)CC. The first kappa shape index (κ1) is 17.1. The van der Waals surface area contributed by atoms with E-state index < -0.39 is 0 Å². The van der Waals surface area contributed by atoms with Crippen LogP contribution in [0.5, 0.6) is 0 Å². The molecule has 0 saturated carbocycles. The second-order valence-electron chi connectivity index (χ2n) is 4.96. The Kier molecular flexibility index (Phi) is 8.93. The molecule has 0 amide bonds. The van der Waals surface area contributed by atoms with E-state index in [1.165, 1.54) is 37.2 Å². The zero-order valence-electron chi connectivity index (χ0n) is 13.1. The third kappa shape index (κ3) is 5.53. The number of hydrogen-bond acceptors (Lipinski definition) is 0. The summed E-state index contributed by atoms with van der Waals surface area (Å²) >= 11 is 0. The first-order chi connectivity index (χ1) is 9.26. The molecular weight excluding hydrogens is 266 g/mol. The smallest absolute Gasteiger partial charge is 0.00449 e. The van der Waals surface area contributed by atoms with Crippen LogP contribution in [0.4, 0.5) is 0 Å². The Balaban J connectivity index is 2.75. The van der Waals surface area contributed by atoms with E-state index in [1.54, 1.807) is 5.56 Å².